The van der Waals surface area contributed by atoms with Gasteiger partial charge < -0.3 is 15.7 Å². The van der Waals surface area contributed by atoms with Gasteiger partial charge in [-0.2, -0.15) is 13.2 Å². The highest BCUT2D eigenvalue weighted by Gasteiger charge is 2.40. The lowest BCUT2D eigenvalue weighted by Gasteiger charge is -2.18. The standard InChI is InChI=1S/C17H15F3N4O3/c18-17(19,20)14(25)11-4-5-21-8-13(11)24-15(26)9-3-6-22-12(7-9)16(27)23-10-1-2-10/h3-8,10,14,25H,1-2H2,(H,23,27)(H,24,26). The Morgan fingerprint density at radius 2 is 1.93 bits per heavy atom. The molecular weight excluding hydrogens is 365 g/mol. The molecular formula is C17H15F3N4O3. The zero-order valence-electron chi connectivity index (χ0n) is 13.8. The summed E-state index contributed by atoms with van der Waals surface area (Å²) in [5.41, 5.74) is -0.765. The van der Waals surface area contributed by atoms with Gasteiger partial charge in [0.1, 0.15) is 5.69 Å². The summed E-state index contributed by atoms with van der Waals surface area (Å²) in [6, 6.07) is 3.64. The Morgan fingerprint density at radius 1 is 1.19 bits per heavy atom. The van der Waals surface area contributed by atoms with Crippen molar-refractivity contribution in [1.82, 2.24) is 15.3 Å². The van der Waals surface area contributed by atoms with Gasteiger partial charge in [0.15, 0.2) is 6.10 Å². The zero-order chi connectivity index (χ0) is 19.6. The number of hydrogen-bond donors (Lipinski definition) is 3. The molecule has 0 bridgehead atoms. The van der Waals surface area contributed by atoms with Crippen LogP contribution in [0.3, 0.4) is 0 Å². The van der Waals surface area contributed by atoms with Crippen molar-refractivity contribution in [2.45, 2.75) is 31.2 Å². The van der Waals surface area contributed by atoms with Gasteiger partial charge in [0.2, 0.25) is 0 Å². The molecule has 2 aromatic heterocycles. The summed E-state index contributed by atoms with van der Waals surface area (Å²) in [6.07, 6.45) is -2.56. The van der Waals surface area contributed by atoms with Gasteiger partial charge in [0, 0.05) is 29.6 Å². The minimum Gasteiger partial charge on any atom is -0.379 e. The van der Waals surface area contributed by atoms with E-state index in [-0.39, 0.29) is 23.0 Å². The van der Waals surface area contributed by atoms with E-state index in [1.165, 1.54) is 18.3 Å². The van der Waals surface area contributed by atoms with Crippen LogP contribution in [0.15, 0.2) is 36.8 Å². The van der Waals surface area contributed by atoms with Gasteiger partial charge in [-0.1, -0.05) is 0 Å². The molecule has 27 heavy (non-hydrogen) atoms. The smallest absolute Gasteiger partial charge is 0.379 e. The molecule has 1 saturated carbocycles. The summed E-state index contributed by atoms with van der Waals surface area (Å²) in [5, 5.41) is 14.5. The van der Waals surface area contributed by atoms with Crippen molar-refractivity contribution in [3.8, 4) is 0 Å². The fraction of sp³-hybridized carbons (Fsp3) is 0.294. The van der Waals surface area contributed by atoms with E-state index in [2.05, 4.69) is 20.6 Å². The highest BCUT2D eigenvalue weighted by Crippen LogP contribution is 2.35. The number of aliphatic hydroxyl groups is 1. The predicted molar refractivity (Wildman–Crippen MR) is 87.9 cm³/mol. The van der Waals surface area contributed by atoms with E-state index >= 15 is 0 Å². The van der Waals surface area contributed by atoms with Gasteiger partial charge in [0.25, 0.3) is 11.8 Å². The average Bonchev–Trinajstić information content (AvgIpc) is 3.45. The van der Waals surface area contributed by atoms with Gasteiger partial charge in [-0.25, -0.2) is 0 Å². The van der Waals surface area contributed by atoms with Crippen LogP contribution in [0.25, 0.3) is 0 Å². The average molecular weight is 380 g/mol. The molecule has 0 radical (unpaired) electrons. The van der Waals surface area contributed by atoms with E-state index in [9.17, 15) is 27.9 Å². The van der Waals surface area contributed by atoms with Gasteiger partial charge in [-0.3, -0.25) is 19.6 Å². The van der Waals surface area contributed by atoms with Crippen LogP contribution in [0.2, 0.25) is 0 Å². The van der Waals surface area contributed by atoms with Gasteiger partial charge in [-0.05, 0) is 31.0 Å². The lowest BCUT2D eigenvalue weighted by atomic mass is 10.1. The Labute approximate surface area is 151 Å². The van der Waals surface area contributed by atoms with E-state index in [0.717, 1.165) is 31.3 Å². The molecule has 0 saturated heterocycles. The van der Waals surface area contributed by atoms with Crippen molar-refractivity contribution < 1.29 is 27.9 Å². The number of carbonyl (C=O) groups is 2. The molecule has 142 valence electrons. The molecule has 2 amide bonds. The van der Waals surface area contributed by atoms with Crippen molar-refractivity contribution in [3.63, 3.8) is 0 Å². The quantitative estimate of drug-likeness (QED) is 0.738. The van der Waals surface area contributed by atoms with E-state index < -0.39 is 29.7 Å². The maximum absolute atomic E-state index is 12.8. The lowest BCUT2D eigenvalue weighted by Crippen LogP contribution is -2.27. The second kappa shape index (κ2) is 7.31. The predicted octanol–water partition coefficient (Wildman–Crippen LogP) is 2.22. The number of nitrogens with zero attached hydrogens (tertiary/aromatic N) is 2. The first-order valence-electron chi connectivity index (χ1n) is 8.02. The maximum Gasteiger partial charge on any atom is 0.418 e. The first-order valence-corrected chi connectivity index (χ1v) is 8.02. The van der Waals surface area contributed by atoms with Gasteiger partial charge >= 0.3 is 6.18 Å². The Balaban J connectivity index is 1.79. The van der Waals surface area contributed by atoms with E-state index in [1.54, 1.807) is 0 Å². The fourth-order valence-corrected chi connectivity index (χ4v) is 2.30. The van der Waals surface area contributed by atoms with Crippen molar-refractivity contribution >= 4 is 17.5 Å². The summed E-state index contributed by atoms with van der Waals surface area (Å²) in [6.45, 7) is 0. The van der Waals surface area contributed by atoms with Crippen molar-refractivity contribution in [2.24, 2.45) is 0 Å². The van der Waals surface area contributed by atoms with Crippen LogP contribution in [0, 0.1) is 0 Å². The number of hydrogen-bond acceptors (Lipinski definition) is 5. The van der Waals surface area contributed by atoms with E-state index in [4.69, 9.17) is 0 Å². The molecule has 3 rings (SSSR count). The molecule has 1 aliphatic rings. The number of aliphatic hydroxyl groups excluding tert-OH is 1. The third kappa shape index (κ3) is 4.59. The number of nitrogens with one attached hydrogen (secondary N) is 2. The first-order chi connectivity index (χ1) is 12.8. The third-order valence-corrected chi connectivity index (χ3v) is 3.87. The summed E-state index contributed by atoms with van der Waals surface area (Å²) >= 11 is 0. The highest BCUT2D eigenvalue weighted by atomic mass is 19.4. The number of carbonyl (C=O) groups excluding carboxylic acids is 2. The monoisotopic (exact) mass is 380 g/mol. The molecule has 7 nitrogen and oxygen atoms in total. The Morgan fingerprint density at radius 3 is 2.59 bits per heavy atom. The number of alkyl halides is 3. The molecule has 1 unspecified atom stereocenters. The molecule has 1 fully saturated rings. The van der Waals surface area contributed by atoms with Crippen LogP contribution in [0.1, 0.15) is 45.4 Å². The zero-order valence-corrected chi connectivity index (χ0v) is 13.8. The minimum absolute atomic E-state index is 0.0243. The number of anilines is 1. The normalized spacial score (nSPS) is 15.1. The van der Waals surface area contributed by atoms with E-state index in [0.29, 0.717) is 0 Å². The summed E-state index contributed by atoms with van der Waals surface area (Å²) in [4.78, 5) is 32.0. The molecule has 1 aliphatic carbocycles. The first kappa shape index (κ1) is 18.8. The Kier molecular flexibility index (Phi) is 5.08. The SMILES string of the molecule is O=C(Nc1cnccc1C(O)C(F)(F)F)c1ccnc(C(=O)NC2CC2)c1. The molecule has 0 aliphatic heterocycles. The highest BCUT2D eigenvalue weighted by molar-refractivity contribution is 6.06. The van der Waals surface area contributed by atoms with Crippen LogP contribution in [0.4, 0.5) is 18.9 Å². The topological polar surface area (TPSA) is 104 Å². The second-order valence-corrected chi connectivity index (χ2v) is 6.04. The number of rotatable bonds is 5. The molecule has 2 aromatic rings. The molecule has 2 heterocycles. The summed E-state index contributed by atoms with van der Waals surface area (Å²) < 4.78 is 38.4. The van der Waals surface area contributed by atoms with Crippen LogP contribution < -0.4 is 10.6 Å². The molecule has 0 aromatic carbocycles. The number of halogens is 3. The summed E-state index contributed by atoms with van der Waals surface area (Å²) in [5.74, 6) is -1.19. The second-order valence-electron chi connectivity index (χ2n) is 6.04. The molecule has 10 heteroatoms. The minimum atomic E-state index is -4.90. The van der Waals surface area contributed by atoms with Crippen LogP contribution >= 0.6 is 0 Å². The van der Waals surface area contributed by atoms with Gasteiger partial charge in [0.05, 0.1) is 11.9 Å². The van der Waals surface area contributed by atoms with Crippen molar-refractivity contribution in [3.05, 3.63) is 53.6 Å². The lowest BCUT2D eigenvalue weighted by molar-refractivity contribution is -0.206. The third-order valence-electron chi connectivity index (χ3n) is 3.87. The van der Waals surface area contributed by atoms with Gasteiger partial charge in [-0.15, -0.1) is 0 Å². The van der Waals surface area contributed by atoms with Crippen LogP contribution in [0.5, 0.6) is 0 Å². The molecule has 3 N–H and O–H groups in total. The van der Waals surface area contributed by atoms with Crippen molar-refractivity contribution in [1.29, 1.82) is 0 Å². The number of aromatic nitrogens is 2. The molecule has 1 atom stereocenters. The maximum atomic E-state index is 12.8. The fourth-order valence-electron chi connectivity index (χ4n) is 2.30. The van der Waals surface area contributed by atoms with E-state index in [1.807, 2.05) is 0 Å². The number of amides is 2. The van der Waals surface area contributed by atoms with Crippen LogP contribution in [-0.2, 0) is 0 Å². The Bertz CT molecular complexity index is 868. The largest absolute Gasteiger partial charge is 0.418 e. The molecule has 0 spiro atoms. The van der Waals surface area contributed by atoms with Crippen molar-refractivity contribution in [2.75, 3.05) is 5.32 Å². The number of pyridine rings is 2. The Hall–Kier alpha value is -3.01. The van der Waals surface area contributed by atoms with Crippen LogP contribution in [-0.4, -0.2) is 39.1 Å². The summed E-state index contributed by atoms with van der Waals surface area (Å²) in [7, 11) is 0.